The molecule has 8 heteroatoms. The summed E-state index contributed by atoms with van der Waals surface area (Å²) in [6, 6.07) is 15.0. The largest absolute Gasteiger partial charge is 0.494 e. The van der Waals surface area contributed by atoms with Crippen molar-refractivity contribution in [1.29, 1.82) is 0 Å². The number of carbonyl (C=O) groups excluding carboxylic acids is 3. The third-order valence-electron chi connectivity index (χ3n) is 6.76. The molecule has 3 unspecified atom stereocenters. The van der Waals surface area contributed by atoms with E-state index in [2.05, 4.69) is 33.0 Å². The van der Waals surface area contributed by atoms with Crippen molar-refractivity contribution in [2.24, 2.45) is 11.7 Å². The molecule has 2 aromatic rings. The van der Waals surface area contributed by atoms with Gasteiger partial charge in [0, 0.05) is 55.1 Å². The average Bonchev–Trinajstić information content (AvgIpc) is 3.68. The molecule has 0 spiro atoms. The number of amides is 1. The van der Waals surface area contributed by atoms with Crippen molar-refractivity contribution >= 4 is 33.9 Å². The molecule has 1 aliphatic carbocycles. The highest BCUT2D eigenvalue weighted by Crippen LogP contribution is 2.49. The average molecular weight is 542 g/mol. The lowest BCUT2D eigenvalue weighted by Gasteiger charge is -2.35. The topological polar surface area (TPSA) is 92.9 Å². The van der Waals surface area contributed by atoms with Gasteiger partial charge in [0.05, 0.1) is 12.6 Å². The lowest BCUT2D eigenvalue weighted by Crippen LogP contribution is -2.50. The quantitative estimate of drug-likeness (QED) is 0.266. The first-order valence-electron chi connectivity index (χ1n) is 12.2. The first kappa shape index (κ1) is 25.5. The molecule has 1 saturated carbocycles. The Morgan fingerprint density at radius 2 is 1.74 bits per heavy atom. The van der Waals surface area contributed by atoms with E-state index in [0.717, 1.165) is 48.3 Å². The fraction of sp³-hybridized carbons (Fsp3) is 0.444. The van der Waals surface area contributed by atoms with Crippen molar-refractivity contribution in [3.05, 3.63) is 64.1 Å². The van der Waals surface area contributed by atoms with E-state index in [1.54, 1.807) is 4.90 Å². The van der Waals surface area contributed by atoms with Crippen molar-refractivity contribution in [3.63, 3.8) is 0 Å². The second-order valence-corrected chi connectivity index (χ2v) is 10.2. The maximum absolute atomic E-state index is 12.8. The SMILES string of the molecule is NC(C=O)CC(=O)N1CCN(CCCOc2ccc(C(=O)C3CC3c3ccc(Br)cc3)cc2)CC1. The number of aldehydes is 1. The fourth-order valence-corrected chi connectivity index (χ4v) is 4.83. The summed E-state index contributed by atoms with van der Waals surface area (Å²) in [5, 5.41) is 0. The van der Waals surface area contributed by atoms with E-state index < -0.39 is 6.04 Å². The molecule has 2 aliphatic rings. The summed E-state index contributed by atoms with van der Waals surface area (Å²) in [6.07, 6.45) is 2.48. The molecule has 1 saturated heterocycles. The van der Waals surface area contributed by atoms with Crippen molar-refractivity contribution in [2.45, 2.75) is 31.2 Å². The predicted molar refractivity (Wildman–Crippen MR) is 138 cm³/mol. The molecule has 0 bridgehead atoms. The number of nitrogens with two attached hydrogens (primary N) is 1. The number of hydrogen-bond acceptors (Lipinski definition) is 6. The molecular formula is C27H32BrN3O4. The maximum atomic E-state index is 12.8. The molecule has 2 aromatic carbocycles. The van der Waals surface area contributed by atoms with Gasteiger partial charge >= 0.3 is 0 Å². The van der Waals surface area contributed by atoms with Gasteiger partial charge in [-0.1, -0.05) is 28.1 Å². The molecular weight excluding hydrogens is 510 g/mol. The molecule has 3 atom stereocenters. The number of hydrogen-bond donors (Lipinski definition) is 1. The van der Waals surface area contributed by atoms with Gasteiger partial charge < -0.3 is 20.2 Å². The van der Waals surface area contributed by atoms with Gasteiger partial charge in [0.1, 0.15) is 12.0 Å². The minimum atomic E-state index is -0.715. The number of piperazine rings is 1. The number of rotatable bonds is 11. The van der Waals surface area contributed by atoms with Crippen LogP contribution in [0.4, 0.5) is 0 Å². The summed E-state index contributed by atoms with van der Waals surface area (Å²) < 4.78 is 6.92. The number of nitrogens with zero attached hydrogens (tertiary/aromatic N) is 2. The van der Waals surface area contributed by atoms with E-state index >= 15 is 0 Å². The van der Waals surface area contributed by atoms with Gasteiger partial charge in [0.15, 0.2) is 5.78 Å². The van der Waals surface area contributed by atoms with Crippen LogP contribution in [-0.2, 0) is 9.59 Å². The summed E-state index contributed by atoms with van der Waals surface area (Å²) in [5.41, 5.74) is 7.51. The van der Waals surface area contributed by atoms with Gasteiger partial charge in [-0.25, -0.2) is 0 Å². The maximum Gasteiger partial charge on any atom is 0.224 e. The number of ether oxygens (including phenoxy) is 1. The van der Waals surface area contributed by atoms with Crippen LogP contribution in [0.15, 0.2) is 53.0 Å². The summed E-state index contributed by atoms with van der Waals surface area (Å²) in [5.74, 6) is 1.31. The van der Waals surface area contributed by atoms with Gasteiger partial charge in [0.2, 0.25) is 5.91 Å². The fourth-order valence-electron chi connectivity index (χ4n) is 4.57. The Morgan fingerprint density at radius 1 is 1.06 bits per heavy atom. The zero-order chi connectivity index (χ0) is 24.8. The van der Waals surface area contributed by atoms with Crippen LogP contribution in [0.5, 0.6) is 5.75 Å². The number of halogens is 1. The van der Waals surface area contributed by atoms with Crippen LogP contribution in [0.2, 0.25) is 0 Å². The third-order valence-corrected chi connectivity index (χ3v) is 7.29. The van der Waals surface area contributed by atoms with E-state index in [-0.39, 0.29) is 24.0 Å². The second kappa shape index (κ2) is 11.9. The van der Waals surface area contributed by atoms with Crippen LogP contribution in [0.25, 0.3) is 0 Å². The van der Waals surface area contributed by atoms with Crippen LogP contribution in [0.3, 0.4) is 0 Å². The zero-order valence-electron chi connectivity index (χ0n) is 19.8. The zero-order valence-corrected chi connectivity index (χ0v) is 21.4. The van der Waals surface area contributed by atoms with Gasteiger partial charge in [-0.2, -0.15) is 0 Å². The molecule has 0 aromatic heterocycles. The van der Waals surface area contributed by atoms with Crippen LogP contribution < -0.4 is 10.5 Å². The molecule has 2 fully saturated rings. The lowest BCUT2D eigenvalue weighted by molar-refractivity contribution is -0.134. The number of carbonyl (C=O) groups is 3. The molecule has 186 valence electrons. The Kier molecular flexibility index (Phi) is 8.70. The van der Waals surface area contributed by atoms with Gasteiger partial charge in [-0.3, -0.25) is 14.5 Å². The van der Waals surface area contributed by atoms with Crippen LogP contribution in [0.1, 0.15) is 41.1 Å². The minimum absolute atomic E-state index is 0.0555. The molecule has 0 radical (unpaired) electrons. The first-order chi connectivity index (χ1) is 16.9. The summed E-state index contributed by atoms with van der Waals surface area (Å²) in [6.45, 7) is 4.41. The first-order valence-corrected chi connectivity index (χ1v) is 13.0. The van der Waals surface area contributed by atoms with Crippen LogP contribution in [0, 0.1) is 5.92 Å². The Balaban J connectivity index is 1.14. The smallest absolute Gasteiger partial charge is 0.224 e. The monoisotopic (exact) mass is 541 g/mol. The number of ketones is 1. The minimum Gasteiger partial charge on any atom is -0.494 e. The van der Waals surface area contributed by atoms with E-state index in [0.29, 0.717) is 31.9 Å². The highest BCUT2D eigenvalue weighted by molar-refractivity contribution is 9.10. The van der Waals surface area contributed by atoms with E-state index in [9.17, 15) is 14.4 Å². The lowest BCUT2D eigenvalue weighted by atomic mass is 10.0. The molecule has 4 rings (SSSR count). The molecule has 1 aliphatic heterocycles. The summed E-state index contributed by atoms with van der Waals surface area (Å²) in [7, 11) is 0. The summed E-state index contributed by atoms with van der Waals surface area (Å²) in [4.78, 5) is 39.7. The van der Waals surface area contributed by atoms with Crippen molar-refractivity contribution < 1.29 is 19.1 Å². The van der Waals surface area contributed by atoms with Crippen molar-refractivity contribution in [1.82, 2.24) is 9.80 Å². The van der Waals surface area contributed by atoms with Crippen LogP contribution >= 0.6 is 15.9 Å². The highest BCUT2D eigenvalue weighted by atomic mass is 79.9. The Labute approximate surface area is 214 Å². The molecule has 35 heavy (non-hydrogen) atoms. The molecule has 7 nitrogen and oxygen atoms in total. The van der Waals surface area contributed by atoms with E-state index in [1.165, 1.54) is 5.56 Å². The Hall–Kier alpha value is -2.55. The highest BCUT2D eigenvalue weighted by Gasteiger charge is 2.43. The normalized spacial score (nSPS) is 20.8. The van der Waals surface area contributed by atoms with Gasteiger partial charge in [-0.15, -0.1) is 0 Å². The Morgan fingerprint density at radius 3 is 2.40 bits per heavy atom. The predicted octanol–water partition coefficient (Wildman–Crippen LogP) is 3.26. The van der Waals surface area contributed by atoms with Crippen molar-refractivity contribution in [2.75, 3.05) is 39.3 Å². The molecule has 2 N–H and O–H groups in total. The summed E-state index contributed by atoms with van der Waals surface area (Å²) >= 11 is 3.45. The van der Waals surface area contributed by atoms with Gasteiger partial charge in [-0.05, 0) is 60.7 Å². The number of benzene rings is 2. The van der Waals surface area contributed by atoms with E-state index in [1.807, 2.05) is 36.4 Å². The number of Topliss-reactive ketones (excluding diaryl/α,β-unsaturated/α-hetero) is 1. The standard InChI is InChI=1S/C27H32BrN3O4/c28-21-6-2-19(3-7-21)24-17-25(24)27(34)20-4-8-23(9-5-20)35-15-1-10-30-11-13-31(14-12-30)26(33)16-22(29)18-32/h2-9,18,22,24-25H,1,10-17,29H2. The second-order valence-electron chi connectivity index (χ2n) is 9.32. The third kappa shape index (κ3) is 6.99. The van der Waals surface area contributed by atoms with Crippen LogP contribution in [-0.4, -0.2) is 73.1 Å². The van der Waals surface area contributed by atoms with E-state index in [4.69, 9.17) is 10.5 Å². The van der Waals surface area contributed by atoms with Crippen molar-refractivity contribution in [3.8, 4) is 5.75 Å². The Bertz CT molecular complexity index is 1020. The molecule has 1 heterocycles. The molecule has 1 amide bonds. The van der Waals surface area contributed by atoms with Gasteiger partial charge in [0.25, 0.3) is 0 Å².